The predicted molar refractivity (Wildman–Crippen MR) is 116 cm³/mol. The first-order valence-corrected chi connectivity index (χ1v) is 10.1. The van der Waals surface area contributed by atoms with E-state index in [0.29, 0.717) is 25.2 Å². The summed E-state index contributed by atoms with van der Waals surface area (Å²) >= 11 is 0. The topological polar surface area (TPSA) is 94.3 Å². The third kappa shape index (κ3) is 4.05. The number of aromatic amines is 1. The number of hydrogen-bond donors (Lipinski definition) is 3. The van der Waals surface area contributed by atoms with Gasteiger partial charge in [-0.1, -0.05) is 24.3 Å². The van der Waals surface area contributed by atoms with Gasteiger partial charge >= 0.3 is 11.8 Å². The number of nitrogens with zero attached hydrogens (tertiary/aromatic N) is 1. The zero-order valence-corrected chi connectivity index (χ0v) is 16.8. The minimum absolute atomic E-state index is 0.0329. The van der Waals surface area contributed by atoms with E-state index in [0.717, 1.165) is 40.6 Å². The first kappa shape index (κ1) is 19.7. The number of rotatable bonds is 4. The lowest BCUT2D eigenvalue weighted by Gasteiger charge is -2.29. The molecule has 0 fully saturated rings. The summed E-state index contributed by atoms with van der Waals surface area (Å²) in [4.78, 5) is 41.3. The van der Waals surface area contributed by atoms with Crippen LogP contribution in [0.2, 0.25) is 0 Å². The molecular formula is C23H24N4O3. The molecule has 30 heavy (non-hydrogen) atoms. The lowest BCUT2D eigenvalue weighted by atomic mass is 10.0. The molecule has 0 unspecified atom stereocenters. The highest BCUT2D eigenvalue weighted by molar-refractivity contribution is 6.39. The molecule has 2 aromatic carbocycles. The van der Waals surface area contributed by atoms with Crippen LogP contribution >= 0.6 is 0 Å². The zero-order chi connectivity index (χ0) is 21.1. The Morgan fingerprint density at radius 2 is 1.93 bits per heavy atom. The van der Waals surface area contributed by atoms with Crippen molar-refractivity contribution in [2.45, 2.75) is 26.2 Å². The molecule has 3 amide bonds. The number of H-pyrrole nitrogens is 1. The van der Waals surface area contributed by atoms with Crippen molar-refractivity contribution < 1.29 is 14.4 Å². The number of benzene rings is 2. The number of para-hydroxylation sites is 1. The van der Waals surface area contributed by atoms with Gasteiger partial charge in [-0.15, -0.1) is 0 Å². The number of nitrogens with one attached hydrogen (secondary N) is 3. The molecule has 154 valence electrons. The number of aromatic nitrogens is 1. The number of aryl methyl sites for hydroxylation is 1. The van der Waals surface area contributed by atoms with Crippen molar-refractivity contribution in [1.82, 2.24) is 10.3 Å². The molecule has 0 spiro atoms. The Morgan fingerprint density at radius 1 is 1.10 bits per heavy atom. The average Bonchev–Trinajstić information content (AvgIpc) is 3.16. The molecule has 7 heteroatoms. The first-order valence-electron chi connectivity index (χ1n) is 10.1. The average molecular weight is 404 g/mol. The van der Waals surface area contributed by atoms with Crippen LogP contribution in [0.15, 0.2) is 48.7 Å². The minimum atomic E-state index is -0.723. The van der Waals surface area contributed by atoms with Crippen LogP contribution < -0.4 is 15.5 Å². The van der Waals surface area contributed by atoms with Gasteiger partial charge in [-0.05, 0) is 48.6 Å². The summed E-state index contributed by atoms with van der Waals surface area (Å²) in [7, 11) is 0. The van der Waals surface area contributed by atoms with Gasteiger partial charge in [0.15, 0.2) is 0 Å². The Balaban J connectivity index is 1.35. The van der Waals surface area contributed by atoms with E-state index < -0.39 is 11.8 Å². The second kappa shape index (κ2) is 8.41. The number of amides is 3. The molecule has 0 bridgehead atoms. The van der Waals surface area contributed by atoms with Crippen molar-refractivity contribution in [1.29, 1.82) is 0 Å². The SMILES string of the molecule is CC(=O)N1CCCc2ccc(NC(=O)C(=O)NCCc3c[nH]c4ccccc34)cc21. The lowest BCUT2D eigenvalue weighted by molar-refractivity contribution is -0.136. The zero-order valence-electron chi connectivity index (χ0n) is 16.8. The Hall–Kier alpha value is -3.61. The lowest BCUT2D eigenvalue weighted by Crippen LogP contribution is -2.37. The van der Waals surface area contributed by atoms with Crippen molar-refractivity contribution in [2.24, 2.45) is 0 Å². The third-order valence-corrected chi connectivity index (χ3v) is 5.40. The van der Waals surface area contributed by atoms with Crippen LogP contribution in [0.25, 0.3) is 10.9 Å². The first-order chi connectivity index (χ1) is 14.5. The number of fused-ring (bicyclic) bond motifs is 2. The summed E-state index contributed by atoms with van der Waals surface area (Å²) in [5.74, 6) is -1.44. The molecule has 1 aliphatic rings. The van der Waals surface area contributed by atoms with Crippen LogP contribution in [0.3, 0.4) is 0 Å². The van der Waals surface area contributed by atoms with Gasteiger partial charge in [0.05, 0.1) is 0 Å². The van der Waals surface area contributed by atoms with Crippen molar-refractivity contribution in [3.05, 3.63) is 59.8 Å². The van der Waals surface area contributed by atoms with Crippen molar-refractivity contribution >= 4 is 40.0 Å². The molecule has 3 N–H and O–H groups in total. The maximum Gasteiger partial charge on any atom is 0.313 e. The minimum Gasteiger partial charge on any atom is -0.361 e. The summed E-state index contributed by atoms with van der Waals surface area (Å²) in [6.45, 7) is 2.55. The Kier molecular flexibility index (Phi) is 5.52. The highest BCUT2D eigenvalue weighted by Crippen LogP contribution is 2.30. The molecule has 0 atom stereocenters. The van der Waals surface area contributed by atoms with E-state index in [9.17, 15) is 14.4 Å². The van der Waals surface area contributed by atoms with Gasteiger partial charge in [0, 0.05) is 48.5 Å². The maximum absolute atomic E-state index is 12.3. The fourth-order valence-corrected chi connectivity index (χ4v) is 3.90. The van der Waals surface area contributed by atoms with Crippen LogP contribution in [-0.2, 0) is 27.2 Å². The Bertz CT molecular complexity index is 1120. The fourth-order valence-electron chi connectivity index (χ4n) is 3.90. The molecule has 4 rings (SSSR count). The van der Waals surface area contributed by atoms with Gasteiger partial charge in [-0.25, -0.2) is 0 Å². The van der Waals surface area contributed by atoms with Crippen molar-refractivity contribution in [3.63, 3.8) is 0 Å². The van der Waals surface area contributed by atoms with Crippen LogP contribution in [0.4, 0.5) is 11.4 Å². The standard InChI is InChI=1S/C23H24N4O3/c1-15(28)27-12-4-5-16-8-9-18(13-21(16)27)26-23(30)22(29)24-11-10-17-14-25-20-7-3-2-6-19(17)20/h2-3,6-9,13-14,25H,4-5,10-12H2,1H3,(H,24,29)(H,26,30). The second-order valence-electron chi connectivity index (χ2n) is 7.44. The van der Waals surface area contributed by atoms with E-state index in [1.165, 1.54) is 6.92 Å². The van der Waals surface area contributed by atoms with Crippen molar-refractivity contribution in [2.75, 3.05) is 23.3 Å². The Labute approximate surface area is 174 Å². The van der Waals surface area contributed by atoms with Crippen LogP contribution in [0.5, 0.6) is 0 Å². The predicted octanol–water partition coefficient (Wildman–Crippen LogP) is 2.76. The van der Waals surface area contributed by atoms with E-state index in [4.69, 9.17) is 0 Å². The molecule has 2 heterocycles. The summed E-state index contributed by atoms with van der Waals surface area (Å²) in [6.07, 6.45) is 4.35. The highest BCUT2D eigenvalue weighted by atomic mass is 16.2. The molecule has 0 saturated carbocycles. The third-order valence-electron chi connectivity index (χ3n) is 5.40. The number of carbonyl (C=O) groups is 3. The van der Waals surface area contributed by atoms with E-state index in [1.54, 1.807) is 17.0 Å². The van der Waals surface area contributed by atoms with Gasteiger partial charge < -0.3 is 20.5 Å². The number of carbonyl (C=O) groups excluding carboxylic acids is 3. The number of hydrogen-bond acceptors (Lipinski definition) is 3. The fraction of sp³-hybridized carbons (Fsp3) is 0.261. The number of anilines is 2. The van der Waals surface area contributed by atoms with E-state index in [2.05, 4.69) is 15.6 Å². The van der Waals surface area contributed by atoms with Crippen molar-refractivity contribution in [3.8, 4) is 0 Å². The molecule has 0 aliphatic carbocycles. The quantitative estimate of drug-likeness (QED) is 0.584. The normalized spacial score (nSPS) is 13.0. The summed E-state index contributed by atoms with van der Waals surface area (Å²) in [6, 6.07) is 13.4. The van der Waals surface area contributed by atoms with Gasteiger partial charge in [0.1, 0.15) is 0 Å². The highest BCUT2D eigenvalue weighted by Gasteiger charge is 2.21. The molecule has 3 aromatic rings. The molecule has 0 saturated heterocycles. The van der Waals surface area contributed by atoms with E-state index in [-0.39, 0.29) is 5.91 Å². The summed E-state index contributed by atoms with van der Waals surface area (Å²) in [5.41, 5.74) is 4.50. The van der Waals surface area contributed by atoms with E-state index >= 15 is 0 Å². The van der Waals surface area contributed by atoms with Gasteiger partial charge in [0.25, 0.3) is 0 Å². The largest absolute Gasteiger partial charge is 0.361 e. The van der Waals surface area contributed by atoms with Crippen LogP contribution in [-0.4, -0.2) is 35.8 Å². The molecule has 1 aromatic heterocycles. The van der Waals surface area contributed by atoms with Gasteiger partial charge in [-0.2, -0.15) is 0 Å². The van der Waals surface area contributed by atoms with Gasteiger partial charge in [-0.3, -0.25) is 14.4 Å². The molecule has 7 nitrogen and oxygen atoms in total. The van der Waals surface area contributed by atoms with Crippen LogP contribution in [0, 0.1) is 0 Å². The Morgan fingerprint density at radius 3 is 2.77 bits per heavy atom. The molecular weight excluding hydrogens is 380 g/mol. The summed E-state index contributed by atoms with van der Waals surface area (Å²) in [5, 5.41) is 6.41. The van der Waals surface area contributed by atoms with E-state index in [1.807, 2.05) is 36.5 Å². The summed E-state index contributed by atoms with van der Waals surface area (Å²) < 4.78 is 0. The van der Waals surface area contributed by atoms with Gasteiger partial charge in [0.2, 0.25) is 5.91 Å². The second-order valence-corrected chi connectivity index (χ2v) is 7.44. The maximum atomic E-state index is 12.3. The van der Waals surface area contributed by atoms with Crippen LogP contribution in [0.1, 0.15) is 24.5 Å². The molecule has 1 aliphatic heterocycles. The molecule has 0 radical (unpaired) electrons. The smallest absolute Gasteiger partial charge is 0.313 e. The monoisotopic (exact) mass is 404 g/mol.